The van der Waals surface area contributed by atoms with E-state index in [1.54, 1.807) is 0 Å². The summed E-state index contributed by atoms with van der Waals surface area (Å²) in [6.45, 7) is 1.74. The van der Waals surface area contributed by atoms with Gasteiger partial charge in [-0.25, -0.2) is 0 Å². The molecule has 3 N–H and O–H groups in total. The Hall–Kier alpha value is -1.24. The summed E-state index contributed by atoms with van der Waals surface area (Å²) in [4.78, 5) is 12.0. The van der Waals surface area contributed by atoms with E-state index in [0.717, 1.165) is 18.4 Å². The van der Waals surface area contributed by atoms with Crippen LogP contribution in [0.25, 0.3) is 0 Å². The molecule has 5 nitrogen and oxygen atoms in total. The molecule has 1 heterocycles. The van der Waals surface area contributed by atoms with Crippen molar-refractivity contribution in [1.82, 2.24) is 5.32 Å². The highest BCUT2D eigenvalue weighted by atomic mass is 32.2. The standard InChI is InChI=1S/C16H24N2O3S/c17-15(14-6-9-21-10-7-14)16(19)18-8-11-22(20)12-13-4-2-1-3-5-13/h1-5,14-15H,6-12,17H2,(H,18,19). The third-order valence-electron chi connectivity index (χ3n) is 3.88. The van der Waals surface area contributed by atoms with Gasteiger partial charge in [0.1, 0.15) is 0 Å². The van der Waals surface area contributed by atoms with Gasteiger partial charge in [0.25, 0.3) is 0 Å². The zero-order valence-electron chi connectivity index (χ0n) is 12.7. The van der Waals surface area contributed by atoms with Crippen LogP contribution in [0.15, 0.2) is 30.3 Å². The van der Waals surface area contributed by atoms with Crippen LogP contribution < -0.4 is 11.1 Å². The molecular formula is C16H24N2O3S. The Morgan fingerprint density at radius 1 is 1.32 bits per heavy atom. The lowest BCUT2D eigenvalue weighted by molar-refractivity contribution is -0.124. The molecule has 1 aromatic carbocycles. The summed E-state index contributed by atoms with van der Waals surface area (Å²) < 4.78 is 17.2. The van der Waals surface area contributed by atoms with E-state index in [1.807, 2.05) is 30.3 Å². The average molecular weight is 324 g/mol. The highest BCUT2D eigenvalue weighted by Gasteiger charge is 2.26. The molecule has 2 rings (SSSR count). The molecule has 0 spiro atoms. The summed E-state index contributed by atoms with van der Waals surface area (Å²) in [6.07, 6.45) is 1.66. The summed E-state index contributed by atoms with van der Waals surface area (Å²) in [5.41, 5.74) is 7.04. The summed E-state index contributed by atoms with van der Waals surface area (Å²) in [6, 6.07) is 9.22. The molecule has 0 aliphatic carbocycles. The summed E-state index contributed by atoms with van der Waals surface area (Å²) in [5.74, 6) is 0.997. The van der Waals surface area contributed by atoms with E-state index in [-0.39, 0.29) is 11.8 Å². The zero-order valence-corrected chi connectivity index (χ0v) is 13.5. The van der Waals surface area contributed by atoms with Gasteiger partial charge in [-0.3, -0.25) is 9.00 Å². The topological polar surface area (TPSA) is 81.4 Å². The van der Waals surface area contributed by atoms with Crippen molar-refractivity contribution in [2.75, 3.05) is 25.5 Å². The van der Waals surface area contributed by atoms with Gasteiger partial charge in [-0.05, 0) is 24.3 Å². The SMILES string of the molecule is NC(C(=O)NCCS(=O)Cc1ccccc1)C1CCOCC1. The van der Waals surface area contributed by atoms with Crippen molar-refractivity contribution >= 4 is 16.7 Å². The Morgan fingerprint density at radius 2 is 2.00 bits per heavy atom. The highest BCUT2D eigenvalue weighted by molar-refractivity contribution is 7.84. The van der Waals surface area contributed by atoms with Gasteiger partial charge >= 0.3 is 0 Å². The second kappa shape index (κ2) is 9.02. The minimum absolute atomic E-state index is 0.149. The van der Waals surface area contributed by atoms with Gasteiger partial charge < -0.3 is 15.8 Å². The van der Waals surface area contributed by atoms with Crippen LogP contribution >= 0.6 is 0 Å². The maximum Gasteiger partial charge on any atom is 0.237 e. The van der Waals surface area contributed by atoms with Gasteiger partial charge in [0, 0.05) is 42.1 Å². The smallest absolute Gasteiger partial charge is 0.237 e. The minimum atomic E-state index is -0.981. The van der Waals surface area contributed by atoms with Crippen molar-refractivity contribution in [1.29, 1.82) is 0 Å². The quantitative estimate of drug-likeness (QED) is 0.777. The fraction of sp³-hybridized carbons (Fsp3) is 0.562. The van der Waals surface area contributed by atoms with Crippen LogP contribution in [-0.2, 0) is 26.1 Å². The van der Waals surface area contributed by atoms with Crippen molar-refractivity contribution in [3.63, 3.8) is 0 Å². The van der Waals surface area contributed by atoms with Crippen molar-refractivity contribution < 1.29 is 13.7 Å². The van der Waals surface area contributed by atoms with Gasteiger partial charge in [0.2, 0.25) is 5.91 Å². The summed E-state index contributed by atoms with van der Waals surface area (Å²) >= 11 is 0. The fourth-order valence-electron chi connectivity index (χ4n) is 2.53. The van der Waals surface area contributed by atoms with Crippen LogP contribution in [0.3, 0.4) is 0 Å². The monoisotopic (exact) mass is 324 g/mol. The molecule has 1 aliphatic rings. The van der Waals surface area contributed by atoms with Gasteiger partial charge in [-0.1, -0.05) is 30.3 Å². The number of hydrogen-bond acceptors (Lipinski definition) is 4. The van der Waals surface area contributed by atoms with E-state index in [1.165, 1.54) is 0 Å². The first kappa shape index (κ1) is 17.1. The number of benzene rings is 1. The number of ether oxygens (including phenoxy) is 1. The van der Waals surface area contributed by atoms with Crippen LogP contribution in [0.1, 0.15) is 18.4 Å². The minimum Gasteiger partial charge on any atom is -0.381 e. The molecule has 0 bridgehead atoms. The molecule has 1 amide bonds. The molecule has 1 saturated heterocycles. The molecule has 2 atom stereocenters. The number of hydrogen-bond donors (Lipinski definition) is 2. The van der Waals surface area contributed by atoms with Crippen molar-refractivity contribution in [2.24, 2.45) is 11.7 Å². The van der Waals surface area contributed by atoms with Crippen LogP contribution in [0.4, 0.5) is 0 Å². The largest absolute Gasteiger partial charge is 0.381 e. The van der Waals surface area contributed by atoms with Crippen LogP contribution in [0, 0.1) is 5.92 Å². The molecule has 22 heavy (non-hydrogen) atoms. The number of rotatable bonds is 7. The first-order chi connectivity index (χ1) is 10.7. The number of amides is 1. The second-order valence-electron chi connectivity index (χ2n) is 5.54. The van der Waals surface area contributed by atoms with Gasteiger partial charge in [-0.15, -0.1) is 0 Å². The molecule has 1 aromatic rings. The Morgan fingerprint density at radius 3 is 2.68 bits per heavy atom. The predicted molar refractivity (Wildman–Crippen MR) is 87.7 cm³/mol. The summed E-state index contributed by atoms with van der Waals surface area (Å²) in [5, 5.41) is 2.80. The Balaban J connectivity index is 1.66. The van der Waals surface area contributed by atoms with Crippen LogP contribution in [0.5, 0.6) is 0 Å². The van der Waals surface area contributed by atoms with E-state index >= 15 is 0 Å². The van der Waals surface area contributed by atoms with Crippen molar-refractivity contribution in [3.05, 3.63) is 35.9 Å². The molecule has 0 radical (unpaired) electrons. The Bertz CT molecular complexity index is 489. The number of nitrogens with two attached hydrogens (primary N) is 1. The van der Waals surface area contributed by atoms with E-state index in [9.17, 15) is 9.00 Å². The molecule has 1 fully saturated rings. The zero-order chi connectivity index (χ0) is 15.8. The number of carbonyl (C=O) groups excluding carboxylic acids is 1. The van der Waals surface area contributed by atoms with Crippen molar-refractivity contribution in [3.8, 4) is 0 Å². The maximum atomic E-state index is 12.0. The normalized spacial score (nSPS) is 18.6. The number of nitrogens with one attached hydrogen (secondary N) is 1. The lowest BCUT2D eigenvalue weighted by Gasteiger charge is -2.26. The van der Waals surface area contributed by atoms with E-state index < -0.39 is 16.8 Å². The van der Waals surface area contributed by atoms with Gasteiger partial charge in [0.15, 0.2) is 0 Å². The lowest BCUT2D eigenvalue weighted by Crippen LogP contribution is -2.47. The summed E-state index contributed by atoms with van der Waals surface area (Å²) in [7, 11) is -0.981. The molecule has 0 aromatic heterocycles. The predicted octanol–water partition coefficient (Wildman–Crippen LogP) is 0.805. The molecule has 2 unspecified atom stereocenters. The maximum absolute atomic E-state index is 12.0. The van der Waals surface area contributed by atoms with Crippen LogP contribution in [-0.4, -0.2) is 41.7 Å². The first-order valence-electron chi connectivity index (χ1n) is 7.67. The number of carbonyl (C=O) groups is 1. The van der Waals surface area contributed by atoms with Crippen LogP contribution in [0.2, 0.25) is 0 Å². The van der Waals surface area contributed by atoms with E-state index in [4.69, 9.17) is 10.5 Å². The Labute approximate surface area is 134 Å². The second-order valence-corrected chi connectivity index (χ2v) is 7.12. The van der Waals surface area contributed by atoms with E-state index in [0.29, 0.717) is 31.3 Å². The third-order valence-corrected chi connectivity index (χ3v) is 5.19. The molecule has 1 aliphatic heterocycles. The molecule has 122 valence electrons. The first-order valence-corrected chi connectivity index (χ1v) is 9.15. The van der Waals surface area contributed by atoms with Gasteiger partial charge in [0.05, 0.1) is 6.04 Å². The molecule has 0 saturated carbocycles. The molecular weight excluding hydrogens is 300 g/mol. The van der Waals surface area contributed by atoms with Gasteiger partial charge in [-0.2, -0.15) is 0 Å². The third kappa shape index (κ3) is 5.51. The Kier molecular flexibility index (Phi) is 7.02. The van der Waals surface area contributed by atoms with Crippen molar-refractivity contribution in [2.45, 2.75) is 24.6 Å². The average Bonchev–Trinajstić information content (AvgIpc) is 2.55. The fourth-order valence-corrected chi connectivity index (χ4v) is 3.57. The van der Waals surface area contributed by atoms with E-state index in [2.05, 4.69) is 5.32 Å². The lowest BCUT2D eigenvalue weighted by atomic mass is 9.92. The highest BCUT2D eigenvalue weighted by Crippen LogP contribution is 2.17. The molecule has 6 heteroatoms.